The highest BCUT2D eigenvalue weighted by molar-refractivity contribution is 6.08. The summed E-state index contributed by atoms with van der Waals surface area (Å²) in [4.78, 5) is 40.4. The van der Waals surface area contributed by atoms with E-state index in [-0.39, 0.29) is 42.0 Å². The number of carbonyl (C=O) groups is 3. The van der Waals surface area contributed by atoms with Crippen molar-refractivity contribution in [1.29, 1.82) is 0 Å². The fraction of sp³-hybridized carbons (Fsp3) is 0.450. The number of hydrogen-bond acceptors (Lipinski definition) is 3. The van der Waals surface area contributed by atoms with E-state index >= 15 is 0 Å². The summed E-state index contributed by atoms with van der Waals surface area (Å²) in [6.07, 6.45) is 4.83. The molecule has 3 aliphatic rings. The average Bonchev–Trinajstić information content (AvgIpc) is 3.32. The van der Waals surface area contributed by atoms with Crippen LogP contribution in [0.4, 0.5) is 8.78 Å². The van der Waals surface area contributed by atoms with Crippen molar-refractivity contribution in [3.8, 4) is 0 Å². The molecule has 5 atom stereocenters. The molecule has 0 unspecified atom stereocenters. The minimum atomic E-state index is -0.985. The molecule has 0 spiro atoms. The predicted molar refractivity (Wildman–Crippen MR) is 92.0 cm³/mol. The number of likely N-dealkylation sites (N-methyl/N-ethyl adjacent to an activating group) is 1. The van der Waals surface area contributed by atoms with Crippen LogP contribution in [-0.4, -0.2) is 41.1 Å². The topological polar surface area (TPSA) is 57.7 Å². The Morgan fingerprint density at radius 2 is 1.74 bits per heavy atom. The number of allylic oxidation sites excluding steroid dienone is 2. The number of imide groups is 1. The van der Waals surface area contributed by atoms with E-state index in [0.29, 0.717) is 5.56 Å². The Labute approximate surface area is 155 Å². The molecule has 2 aliphatic carbocycles. The van der Waals surface area contributed by atoms with E-state index in [1.54, 1.807) is 6.92 Å². The number of fused-ring (bicyclic) bond motifs is 5. The zero-order valence-corrected chi connectivity index (χ0v) is 15.1. The van der Waals surface area contributed by atoms with Crippen molar-refractivity contribution in [2.75, 3.05) is 13.6 Å². The van der Waals surface area contributed by atoms with Crippen molar-refractivity contribution in [3.63, 3.8) is 0 Å². The number of nitrogens with zero attached hydrogens (tertiary/aromatic N) is 2. The largest absolute Gasteiger partial charge is 0.337 e. The van der Waals surface area contributed by atoms with Gasteiger partial charge < -0.3 is 4.90 Å². The maximum Gasteiger partial charge on any atom is 0.242 e. The molecule has 142 valence electrons. The summed E-state index contributed by atoms with van der Waals surface area (Å²) in [5.41, 5.74) is 0.433. The van der Waals surface area contributed by atoms with Crippen molar-refractivity contribution in [3.05, 3.63) is 47.5 Å². The van der Waals surface area contributed by atoms with Crippen LogP contribution in [0.2, 0.25) is 0 Å². The minimum absolute atomic E-state index is 0.0930. The molecule has 2 fully saturated rings. The Hall–Kier alpha value is -2.57. The van der Waals surface area contributed by atoms with Crippen molar-refractivity contribution < 1.29 is 23.2 Å². The lowest BCUT2D eigenvalue weighted by molar-refractivity contribution is -0.147. The third-order valence-electron chi connectivity index (χ3n) is 6.26. The fourth-order valence-electron chi connectivity index (χ4n) is 4.58. The van der Waals surface area contributed by atoms with Crippen LogP contribution in [0.3, 0.4) is 0 Å². The number of amides is 3. The maximum absolute atomic E-state index is 13.5. The molecule has 1 aliphatic heterocycles. The first kappa shape index (κ1) is 17.8. The van der Waals surface area contributed by atoms with Gasteiger partial charge in [-0.25, -0.2) is 8.78 Å². The zero-order chi connectivity index (χ0) is 19.5. The Bertz CT molecular complexity index is 839. The predicted octanol–water partition coefficient (Wildman–Crippen LogP) is 2.29. The molecular formula is C20H20F2N2O3. The molecule has 1 heterocycles. The third-order valence-corrected chi connectivity index (χ3v) is 6.26. The Morgan fingerprint density at radius 1 is 1.15 bits per heavy atom. The number of halogens is 2. The van der Waals surface area contributed by atoms with Gasteiger partial charge in [0.15, 0.2) is 11.6 Å². The molecule has 1 saturated heterocycles. The van der Waals surface area contributed by atoms with Gasteiger partial charge in [-0.05, 0) is 42.9 Å². The summed E-state index contributed by atoms with van der Waals surface area (Å²) in [6.45, 7) is 1.35. The second-order valence-corrected chi connectivity index (χ2v) is 7.62. The van der Waals surface area contributed by atoms with Gasteiger partial charge in [0.25, 0.3) is 0 Å². The van der Waals surface area contributed by atoms with Crippen LogP contribution in [0.5, 0.6) is 0 Å². The Balaban J connectivity index is 1.46. The first-order chi connectivity index (χ1) is 12.8. The lowest BCUT2D eigenvalue weighted by Gasteiger charge is -2.27. The van der Waals surface area contributed by atoms with Gasteiger partial charge in [-0.15, -0.1) is 0 Å². The summed E-state index contributed by atoms with van der Waals surface area (Å²) >= 11 is 0. The summed E-state index contributed by atoms with van der Waals surface area (Å²) in [5, 5.41) is 0. The highest BCUT2D eigenvalue weighted by Gasteiger charge is 2.59. The molecule has 3 amide bonds. The van der Waals surface area contributed by atoms with Crippen LogP contribution in [0.15, 0.2) is 30.4 Å². The van der Waals surface area contributed by atoms with Crippen LogP contribution in [0, 0.1) is 35.3 Å². The van der Waals surface area contributed by atoms with Crippen LogP contribution in [0.1, 0.15) is 24.9 Å². The molecular weight excluding hydrogens is 354 g/mol. The quantitative estimate of drug-likeness (QED) is 0.600. The van der Waals surface area contributed by atoms with Crippen LogP contribution < -0.4 is 0 Å². The molecule has 1 aromatic carbocycles. The summed E-state index contributed by atoms with van der Waals surface area (Å²) in [7, 11) is 1.52. The van der Waals surface area contributed by atoms with Crippen LogP contribution in [-0.2, 0) is 14.4 Å². The highest BCUT2D eigenvalue weighted by atomic mass is 19.2. The van der Waals surface area contributed by atoms with E-state index in [4.69, 9.17) is 0 Å². The SMILES string of the molecule is C[C@H](c1ccc(F)c(F)c1)N(C)C(=O)CN1C(=O)[C@@H]2[C@H](C1=O)[C@H]1C=C[C@H]2C1. The monoisotopic (exact) mass is 374 g/mol. The Morgan fingerprint density at radius 3 is 2.30 bits per heavy atom. The van der Waals surface area contributed by atoms with E-state index in [9.17, 15) is 23.2 Å². The summed E-state index contributed by atoms with van der Waals surface area (Å²) in [6, 6.07) is 2.94. The highest BCUT2D eigenvalue weighted by Crippen LogP contribution is 2.52. The number of carbonyl (C=O) groups excluding carboxylic acids is 3. The van der Waals surface area contributed by atoms with Gasteiger partial charge in [-0.2, -0.15) is 0 Å². The van der Waals surface area contributed by atoms with Crippen LogP contribution in [0.25, 0.3) is 0 Å². The molecule has 7 heteroatoms. The second kappa shape index (κ2) is 6.25. The fourth-order valence-corrected chi connectivity index (χ4v) is 4.58. The van der Waals surface area contributed by atoms with Gasteiger partial charge in [0.2, 0.25) is 17.7 Å². The molecule has 0 aromatic heterocycles. The van der Waals surface area contributed by atoms with Crippen molar-refractivity contribution in [1.82, 2.24) is 9.80 Å². The van der Waals surface area contributed by atoms with Gasteiger partial charge >= 0.3 is 0 Å². The van der Waals surface area contributed by atoms with E-state index in [2.05, 4.69) is 0 Å². The van der Waals surface area contributed by atoms with Crippen molar-refractivity contribution in [2.24, 2.45) is 23.7 Å². The van der Waals surface area contributed by atoms with E-state index in [1.165, 1.54) is 18.0 Å². The first-order valence-electron chi connectivity index (χ1n) is 9.03. The molecule has 0 radical (unpaired) electrons. The van der Waals surface area contributed by atoms with Gasteiger partial charge in [-0.1, -0.05) is 18.2 Å². The second-order valence-electron chi connectivity index (χ2n) is 7.62. The average molecular weight is 374 g/mol. The van der Waals surface area contributed by atoms with E-state index < -0.39 is 23.6 Å². The first-order valence-corrected chi connectivity index (χ1v) is 9.03. The lowest BCUT2D eigenvalue weighted by Crippen LogP contribution is -2.43. The summed E-state index contributed by atoms with van der Waals surface area (Å²) < 4.78 is 26.6. The number of hydrogen-bond donors (Lipinski definition) is 0. The van der Waals surface area contributed by atoms with Gasteiger partial charge in [0, 0.05) is 7.05 Å². The molecule has 1 aromatic rings. The molecule has 4 rings (SSSR count). The maximum atomic E-state index is 13.5. The summed E-state index contributed by atoms with van der Waals surface area (Å²) in [5.74, 6) is -3.40. The smallest absolute Gasteiger partial charge is 0.242 e. The Kier molecular flexibility index (Phi) is 4.13. The minimum Gasteiger partial charge on any atom is -0.337 e. The number of rotatable bonds is 4. The normalized spacial score (nSPS) is 29.4. The van der Waals surface area contributed by atoms with E-state index in [1.807, 2.05) is 12.2 Å². The van der Waals surface area contributed by atoms with Crippen molar-refractivity contribution in [2.45, 2.75) is 19.4 Å². The third kappa shape index (κ3) is 2.67. The molecule has 27 heavy (non-hydrogen) atoms. The number of likely N-dealkylation sites (tertiary alicyclic amines) is 1. The molecule has 2 bridgehead atoms. The number of benzene rings is 1. The van der Waals surface area contributed by atoms with Gasteiger partial charge in [0.05, 0.1) is 17.9 Å². The van der Waals surface area contributed by atoms with Gasteiger partial charge in [-0.3, -0.25) is 19.3 Å². The standard InChI is InChI=1S/C20H20F2N2O3/c1-10(11-5-6-14(21)15(22)8-11)23(2)16(25)9-24-19(26)17-12-3-4-13(7-12)18(17)20(24)27/h3-6,8,10,12-13,17-18H,7,9H2,1-2H3/t10-,12+,13+,17-,18+/m1/s1. The zero-order valence-electron chi connectivity index (χ0n) is 15.1. The molecule has 0 N–H and O–H groups in total. The van der Waals surface area contributed by atoms with Gasteiger partial charge in [0.1, 0.15) is 6.54 Å². The van der Waals surface area contributed by atoms with Crippen molar-refractivity contribution >= 4 is 17.7 Å². The lowest BCUT2D eigenvalue weighted by atomic mass is 9.85. The van der Waals surface area contributed by atoms with E-state index in [0.717, 1.165) is 23.5 Å². The van der Waals surface area contributed by atoms with Crippen LogP contribution >= 0.6 is 0 Å². The molecule has 5 nitrogen and oxygen atoms in total. The molecule has 1 saturated carbocycles.